The van der Waals surface area contributed by atoms with E-state index in [4.69, 9.17) is 9.47 Å². The van der Waals surface area contributed by atoms with Gasteiger partial charge in [-0.1, -0.05) is 18.2 Å². The van der Waals surface area contributed by atoms with Gasteiger partial charge < -0.3 is 14.0 Å². The van der Waals surface area contributed by atoms with Crippen LogP contribution in [0, 0.1) is 24.7 Å². The zero-order valence-corrected chi connectivity index (χ0v) is 17.6. The van der Waals surface area contributed by atoms with E-state index in [1.165, 1.54) is 12.8 Å². The SMILES string of the molecule is Cc1nc(S(=O)(=O)N2C[C@@H](COCC3CC3)[C@@H]3COc4ccccc4[C@@H]32)cn1C. The molecule has 0 bridgehead atoms. The predicted molar refractivity (Wildman–Crippen MR) is 107 cm³/mol. The van der Waals surface area contributed by atoms with Crippen LogP contribution in [-0.2, 0) is 21.8 Å². The molecule has 1 saturated carbocycles. The third kappa shape index (κ3) is 3.37. The summed E-state index contributed by atoms with van der Waals surface area (Å²) in [6.45, 7) is 4.08. The Morgan fingerprint density at radius 3 is 2.76 bits per heavy atom. The van der Waals surface area contributed by atoms with E-state index < -0.39 is 10.0 Å². The van der Waals surface area contributed by atoms with Crippen LogP contribution in [0.5, 0.6) is 5.75 Å². The van der Waals surface area contributed by atoms with Crippen molar-refractivity contribution in [3.05, 3.63) is 41.9 Å². The molecular formula is C21H27N3O4S. The Balaban J connectivity index is 1.49. The van der Waals surface area contributed by atoms with Crippen molar-refractivity contribution in [2.45, 2.75) is 30.8 Å². The number of para-hydroxylation sites is 1. The lowest BCUT2D eigenvalue weighted by atomic mass is 9.86. The first-order valence-corrected chi connectivity index (χ1v) is 11.7. The molecule has 156 valence electrons. The van der Waals surface area contributed by atoms with Crippen LogP contribution in [0.25, 0.3) is 0 Å². The highest BCUT2D eigenvalue weighted by molar-refractivity contribution is 7.89. The molecule has 29 heavy (non-hydrogen) atoms. The lowest BCUT2D eigenvalue weighted by molar-refractivity contribution is 0.0645. The summed E-state index contributed by atoms with van der Waals surface area (Å²) in [6, 6.07) is 7.51. The van der Waals surface area contributed by atoms with Crippen LogP contribution >= 0.6 is 0 Å². The van der Waals surface area contributed by atoms with E-state index >= 15 is 0 Å². The molecule has 1 aromatic carbocycles. The van der Waals surface area contributed by atoms with Crippen molar-refractivity contribution in [2.24, 2.45) is 24.8 Å². The van der Waals surface area contributed by atoms with Crippen LogP contribution in [-0.4, -0.2) is 48.6 Å². The fourth-order valence-electron chi connectivity index (χ4n) is 4.47. The third-order valence-electron chi connectivity index (χ3n) is 6.45. The lowest BCUT2D eigenvalue weighted by Crippen LogP contribution is -2.35. The highest BCUT2D eigenvalue weighted by Gasteiger charge is 2.51. The Hall–Kier alpha value is -1.90. The van der Waals surface area contributed by atoms with E-state index in [1.807, 2.05) is 38.2 Å². The van der Waals surface area contributed by atoms with E-state index in [0.29, 0.717) is 31.5 Å². The van der Waals surface area contributed by atoms with Gasteiger partial charge in [-0.05, 0) is 31.7 Å². The second-order valence-corrected chi connectivity index (χ2v) is 10.3. The molecule has 2 aromatic rings. The number of fused-ring (bicyclic) bond motifs is 3. The first kappa shape index (κ1) is 19.1. The number of imidazole rings is 1. The summed E-state index contributed by atoms with van der Waals surface area (Å²) in [5.74, 6) is 2.31. The smallest absolute Gasteiger partial charge is 0.262 e. The van der Waals surface area contributed by atoms with Gasteiger partial charge in [0.25, 0.3) is 10.0 Å². The van der Waals surface area contributed by atoms with Gasteiger partial charge in [0, 0.05) is 43.8 Å². The summed E-state index contributed by atoms with van der Waals surface area (Å²) in [5, 5.41) is 0.111. The van der Waals surface area contributed by atoms with Crippen molar-refractivity contribution in [2.75, 3.05) is 26.4 Å². The van der Waals surface area contributed by atoms with Crippen LogP contribution in [0.15, 0.2) is 35.5 Å². The summed E-state index contributed by atoms with van der Waals surface area (Å²) in [7, 11) is -1.91. The van der Waals surface area contributed by atoms with Crippen molar-refractivity contribution < 1.29 is 17.9 Å². The Bertz CT molecular complexity index is 995. The van der Waals surface area contributed by atoms with Gasteiger partial charge >= 0.3 is 0 Å². The van der Waals surface area contributed by atoms with Gasteiger partial charge in [-0.15, -0.1) is 0 Å². The zero-order valence-electron chi connectivity index (χ0n) is 16.8. The highest BCUT2D eigenvalue weighted by atomic mass is 32.2. The number of sulfonamides is 1. The van der Waals surface area contributed by atoms with E-state index in [-0.39, 0.29) is 22.9 Å². The minimum atomic E-state index is -3.73. The molecule has 0 radical (unpaired) electrons. The fourth-order valence-corrected chi connectivity index (χ4v) is 6.21. The number of ether oxygens (including phenoxy) is 2. The molecule has 1 saturated heterocycles. The van der Waals surface area contributed by atoms with Gasteiger partial charge in [0.1, 0.15) is 11.6 Å². The first-order chi connectivity index (χ1) is 13.9. The Morgan fingerprint density at radius 2 is 2.03 bits per heavy atom. The number of nitrogens with zero attached hydrogens (tertiary/aromatic N) is 3. The first-order valence-electron chi connectivity index (χ1n) is 10.3. The summed E-state index contributed by atoms with van der Waals surface area (Å²) in [4.78, 5) is 4.31. The van der Waals surface area contributed by atoms with Gasteiger partial charge in [-0.3, -0.25) is 0 Å². The average Bonchev–Trinajstić information content (AvgIpc) is 3.36. The molecule has 0 unspecified atom stereocenters. The highest BCUT2D eigenvalue weighted by Crippen LogP contribution is 2.49. The molecular weight excluding hydrogens is 390 g/mol. The van der Waals surface area contributed by atoms with E-state index in [0.717, 1.165) is 17.9 Å². The maximum atomic E-state index is 13.6. The van der Waals surface area contributed by atoms with E-state index in [1.54, 1.807) is 15.1 Å². The van der Waals surface area contributed by atoms with Gasteiger partial charge in [0.05, 0.1) is 19.3 Å². The zero-order chi connectivity index (χ0) is 20.2. The molecule has 1 aliphatic carbocycles. The molecule has 2 fully saturated rings. The summed E-state index contributed by atoms with van der Waals surface area (Å²) in [5.41, 5.74) is 0.935. The standard InChI is InChI=1S/C21H27N3O4S/c1-14-22-20(10-23(14)2)29(25,26)24-9-16(12-27-11-15-7-8-15)18-13-28-19-6-4-3-5-17(19)21(18)24/h3-6,10,15-16,18,21H,7-9,11-13H2,1-2H3/t16-,18-,21-/m0/s1. The van der Waals surface area contributed by atoms with Crippen LogP contribution in [0.3, 0.4) is 0 Å². The minimum absolute atomic E-state index is 0.0729. The minimum Gasteiger partial charge on any atom is -0.493 e. The average molecular weight is 418 g/mol. The quantitative estimate of drug-likeness (QED) is 0.722. The molecule has 1 aromatic heterocycles. The lowest BCUT2D eigenvalue weighted by Gasteiger charge is -2.33. The van der Waals surface area contributed by atoms with Crippen molar-refractivity contribution in [3.63, 3.8) is 0 Å². The number of rotatable bonds is 6. The molecule has 0 N–H and O–H groups in total. The fraction of sp³-hybridized carbons (Fsp3) is 0.571. The number of aromatic nitrogens is 2. The van der Waals surface area contributed by atoms with E-state index in [9.17, 15) is 8.42 Å². The maximum Gasteiger partial charge on any atom is 0.262 e. The molecule has 3 heterocycles. The summed E-state index contributed by atoms with van der Waals surface area (Å²) in [6.07, 6.45) is 4.08. The molecule has 0 spiro atoms. The van der Waals surface area contributed by atoms with Crippen molar-refractivity contribution in [3.8, 4) is 5.75 Å². The number of hydrogen-bond acceptors (Lipinski definition) is 5. The molecule has 3 atom stereocenters. The molecule has 7 nitrogen and oxygen atoms in total. The molecule has 8 heteroatoms. The summed E-state index contributed by atoms with van der Waals surface area (Å²) >= 11 is 0. The van der Waals surface area contributed by atoms with Crippen LogP contribution in [0.1, 0.15) is 30.3 Å². The Kier molecular flexibility index (Phi) is 4.68. The third-order valence-corrected chi connectivity index (χ3v) is 8.17. The Labute approximate surface area is 171 Å². The summed E-state index contributed by atoms with van der Waals surface area (Å²) < 4.78 is 42.5. The second kappa shape index (κ2) is 7.11. The van der Waals surface area contributed by atoms with Gasteiger partial charge in [-0.2, -0.15) is 4.31 Å². The van der Waals surface area contributed by atoms with Crippen molar-refractivity contribution >= 4 is 10.0 Å². The topological polar surface area (TPSA) is 73.7 Å². The van der Waals surface area contributed by atoms with Crippen LogP contribution in [0.4, 0.5) is 0 Å². The number of hydrogen-bond donors (Lipinski definition) is 0. The van der Waals surface area contributed by atoms with Gasteiger partial charge in [0.15, 0.2) is 5.03 Å². The van der Waals surface area contributed by atoms with Gasteiger partial charge in [-0.25, -0.2) is 13.4 Å². The molecule has 3 aliphatic rings. The van der Waals surface area contributed by atoms with Crippen LogP contribution < -0.4 is 4.74 Å². The predicted octanol–water partition coefficient (Wildman–Crippen LogP) is 2.53. The van der Waals surface area contributed by atoms with Crippen LogP contribution in [0.2, 0.25) is 0 Å². The maximum absolute atomic E-state index is 13.6. The largest absolute Gasteiger partial charge is 0.493 e. The molecule has 2 aliphatic heterocycles. The van der Waals surface area contributed by atoms with E-state index in [2.05, 4.69) is 4.98 Å². The monoisotopic (exact) mass is 417 g/mol. The molecule has 0 amide bonds. The second-order valence-electron chi connectivity index (χ2n) is 8.51. The van der Waals surface area contributed by atoms with Crippen molar-refractivity contribution in [1.82, 2.24) is 13.9 Å². The van der Waals surface area contributed by atoms with Gasteiger partial charge in [0.2, 0.25) is 0 Å². The molecule has 5 rings (SSSR count). The normalized spacial score (nSPS) is 26.8. The number of benzene rings is 1. The van der Waals surface area contributed by atoms with Crippen molar-refractivity contribution in [1.29, 1.82) is 0 Å². The number of aryl methyl sites for hydroxylation is 2. The Morgan fingerprint density at radius 1 is 1.24 bits per heavy atom.